The maximum absolute atomic E-state index is 2.24. The molecule has 0 radical (unpaired) electrons. The van der Waals surface area contributed by atoms with Gasteiger partial charge in [0, 0.05) is 21.3 Å². The van der Waals surface area contributed by atoms with Crippen LogP contribution in [0.15, 0.2) is 12.1 Å². The molecular weight excluding hydrogens is 192 g/mol. The summed E-state index contributed by atoms with van der Waals surface area (Å²) >= 11 is 5.72. The summed E-state index contributed by atoms with van der Waals surface area (Å²) in [6, 6.07) is 4.49. The molecule has 0 saturated carbocycles. The van der Waals surface area contributed by atoms with Crippen molar-refractivity contribution in [2.45, 2.75) is 11.5 Å². The predicted molar refractivity (Wildman–Crippen MR) is 58.8 cm³/mol. The third-order valence-electron chi connectivity index (χ3n) is 1.29. The van der Waals surface area contributed by atoms with Gasteiger partial charge in [-0.25, -0.2) is 0 Å². The number of thioether (sulfide) groups is 2. The molecule has 0 aromatic carbocycles. The third kappa shape index (κ3) is 3.09. The number of rotatable bonds is 4. The van der Waals surface area contributed by atoms with Gasteiger partial charge in [-0.15, -0.1) is 11.3 Å². The normalized spacial score (nSPS) is 10.4. The first-order valence-corrected chi connectivity index (χ1v) is 7.02. The van der Waals surface area contributed by atoms with E-state index in [1.165, 1.54) is 21.3 Å². The second-order valence-corrected chi connectivity index (χ2v) is 5.22. The van der Waals surface area contributed by atoms with Gasteiger partial charge in [0.05, 0.1) is 0 Å². The maximum atomic E-state index is 2.24. The van der Waals surface area contributed by atoms with E-state index in [4.69, 9.17) is 0 Å². The lowest BCUT2D eigenvalue weighted by atomic mass is 10.5. The van der Waals surface area contributed by atoms with Crippen molar-refractivity contribution in [3.8, 4) is 0 Å². The van der Waals surface area contributed by atoms with Crippen LogP contribution in [0.3, 0.4) is 0 Å². The van der Waals surface area contributed by atoms with Crippen molar-refractivity contribution < 1.29 is 0 Å². The average molecular weight is 204 g/mol. The highest BCUT2D eigenvalue weighted by Gasteiger charge is 1.97. The fraction of sp³-hybridized carbons (Fsp3) is 0.500. The molecule has 0 nitrogen and oxygen atoms in total. The standard InChI is InChI=1S/C8H12S3/c1-9-5-7-3-4-8(11-7)6-10-2/h3-4H,5-6H2,1-2H3. The SMILES string of the molecule is CSCc1ccc(CSC)s1. The van der Waals surface area contributed by atoms with Crippen LogP contribution in [0.2, 0.25) is 0 Å². The zero-order chi connectivity index (χ0) is 8.10. The minimum Gasteiger partial charge on any atom is -0.160 e. The molecule has 0 N–H and O–H groups in total. The zero-order valence-electron chi connectivity index (χ0n) is 6.79. The summed E-state index contributed by atoms with van der Waals surface area (Å²) in [5.41, 5.74) is 0. The molecule has 11 heavy (non-hydrogen) atoms. The highest BCUT2D eigenvalue weighted by atomic mass is 32.2. The van der Waals surface area contributed by atoms with Crippen molar-refractivity contribution in [2.75, 3.05) is 12.5 Å². The number of hydrogen-bond acceptors (Lipinski definition) is 3. The Hall–Kier alpha value is 0.400. The van der Waals surface area contributed by atoms with Gasteiger partial charge in [-0.3, -0.25) is 0 Å². The Morgan fingerprint density at radius 1 is 1.09 bits per heavy atom. The van der Waals surface area contributed by atoms with Crippen molar-refractivity contribution >= 4 is 34.9 Å². The molecule has 0 aliphatic carbocycles. The molecule has 0 spiro atoms. The fourth-order valence-corrected chi connectivity index (χ4v) is 3.41. The summed E-state index contributed by atoms with van der Waals surface area (Å²) in [6.45, 7) is 0. The number of hydrogen-bond donors (Lipinski definition) is 0. The first-order chi connectivity index (χ1) is 5.36. The summed E-state index contributed by atoms with van der Waals surface area (Å²) < 4.78 is 0. The molecule has 0 fully saturated rings. The Labute approximate surface area is 80.8 Å². The Balaban J connectivity index is 2.51. The van der Waals surface area contributed by atoms with Gasteiger partial charge in [0.15, 0.2) is 0 Å². The molecule has 0 atom stereocenters. The molecule has 0 aliphatic rings. The minimum atomic E-state index is 1.17. The smallest absolute Gasteiger partial charge is 0.0276 e. The van der Waals surface area contributed by atoms with E-state index < -0.39 is 0 Å². The predicted octanol–water partition coefficient (Wildman–Crippen LogP) is 3.47. The van der Waals surface area contributed by atoms with Crippen molar-refractivity contribution in [1.29, 1.82) is 0 Å². The minimum absolute atomic E-state index is 1.17. The Kier molecular flexibility index (Phi) is 4.41. The van der Waals surface area contributed by atoms with E-state index in [2.05, 4.69) is 24.6 Å². The van der Waals surface area contributed by atoms with Crippen LogP contribution < -0.4 is 0 Å². The second kappa shape index (κ2) is 5.12. The summed E-state index contributed by atoms with van der Waals surface area (Å²) in [6.07, 6.45) is 4.29. The molecule has 0 bridgehead atoms. The van der Waals surface area contributed by atoms with E-state index in [9.17, 15) is 0 Å². The zero-order valence-corrected chi connectivity index (χ0v) is 9.24. The van der Waals surface area contributed by atoms with Crippen molar-refractivity contribution in [2.24, 2.45) is 0 Å². The Bertz CT molecular complexity index is 184. The van der Waals surface area contributed by atoms with Gasteiger partial charge in [0.2, 0.25) is 0 Å². The largest absolute Gasteiger partial charge is 0.160 e. The Morgan fingerprint density at radius 3 is 1.91 bits per heavy atom. The monoisotopic (exact) mass is 204 g/mol. The molecule has 0 aliphatic heterocycles. The van der Waals surface area contributed by atoms with Crippen LogP contribution in [-0.4, -0.2) is 12.5 Å². The maximum Gasteiger partial charge on any atom is 0.0276 e. The van der Waals surface area contributed by atoms with Gasteiger partial charge in [0.1, 0.15) is 0 Å². The van der Waals surface area contributed by atoms with Crippen LogP contribution in [0.25, 0.3) is 0 Å². The summed E-state index contributed by atoms with van der Waals surface area (Å²) in [4.78, 5) is 3.00. The first-order valence-electron chi connectivity index (χ1n) is 3.42. The molecule has 62 valence electrons. The molecule has 1 rings (SSSR count). The molecule has 1 aromatic rings. The second-order valence-electron chi connectivity index (χ2n) is 2.23. The lowest BCUT2D eigenvalue weighted by Gasteiger charge is -1.90. The molecule has 0 amide bonds. The lowest BCUT2D eigenvalue weighted by molar-refractivity contribution is 1.53. The molecular formula is C8H12S3. The van der Waals surface area contributed by atoms with E-state index in [1.54, 1.807) is 0 Å². The summed E-state index contributed by atoms with van der Waals surface area (Å²) in [5, 5.41) is 0. The van der Waals surface area contributed by atoms with E-state index in [0.29, 0.717) is 0 Å². The van der Waals surface area contributed by atoms with Crippen LogP contribution in [0.1, 0.15) is 9.75 Å². The van der Waals surface area contributed by atoms with Crippen LogP contribution in [0.5, 0.6) is 0 Å². The van der Waals surface area contributed by atoms with Gasteiger partial charge in [-0.05, 0) is 24.6 Å². The van der Waals surface area contributed by atoms with E-state index in [-0.39, 0.29) is 0 Å². The quantitative estimate of drug-likeness (QED) is 0.736. The summed E-state index contributed by atoms with van der Waals surface area (Å²) in [5.74, 6) is 2.33. The summed E-state index contributed by atoms with van der Waals surface area (Å²) in [7, 11) is 0. The van der Waals surface area contributed by atoms with Gasteiger partial charge in [-0.1, -0.05) is 0 Å². The number of thiophene rings is 1. The van der Waals surface area contributed by atoms with Gasteiger partial charge in [0.25, 0.3) is 0 Å². The van der Waals surface area contributed by atoms with Crippen LogP contribution in [0.4, 0.5) is 0 Å². The molecule has 1 aromatic heterocycles. The van der Waals surface area contributed by atoms with E-state index in [0.717, 1.165) is 0 Å². The average Bonchev–Trinajstić information content (AvgIpc) is 2.38. The van der Waals surface area contributed by atoms with Gasteiger partial charge >= 0.3 is 0 Å². The Morgan fingerprint density at radius 2 is 1.55 bits per heavy atom. The molecule has 0 unspecified atom stereocenters. The van der Waals surface area contributed by atoms with Crippen molar-refractivity contribution in [3.05, 3.63) is 21.9 Å². The fourth-order valence-electron chi connectivity index (χ4n) is 0.862. The highest BCUT2D eigenvalue weighted by molar-refractivity contribution is 7.98. The van der Waals surface area contributed by atoms with E-state index >= 15 is 0 Å². The first kappa shape index (κ1) is 9.49. The molecule has 0 saturated heterocycles. The van der Waals surface area contributed by atoms with Crippen LogP contribution >= 0.6 is 34.9 Å². The van der Waals surface area contributed by atoms with Crippen LogP contribution in [-0.2, 0) is 11.5 Å². The highest BCUT2D eigenvalue weighted by Crippen LogP contribution is 2.23. The topological polar surface area (TPSA) is 0 Å². The third-order valence-corrected chi connectivity index (χ3v) is 3.94. The lowest BCUT2D eigenvalue weighted by Crippen LogP contribution is -1.68. The van der Waals surface area contributed by atoms with Gasteiger partial charge in [-0.2, -0.15) is 23.5 Å². The van der Waals surface area contributed by atoms with Crippen molar-refractivity contribution in [3.63, 3.8) is 0 Å². The van der Waals surface area contributed by atoms with Crippen molar-refractivity contribution in [1.82, 2.24) is 0 Å². The van der Waals surface area contributed by atoms with Gasteiger partial charge < -0.3 is 0 Å². The molecule has 3 heteroatoms. The van der Waals surface area contributed by atoms with Crippen LogP contribution in [0, 0.1) is 0 Å². The van der Waals surface area contributed by atoms with E-state index in [1.807, 2.05) is 34.9 Å². The molecule has 1 heterocycles.